The van der Waals surface area contributed by atoms with Crippen molar-refractivity contribution >= 4 is 34.9 Å². The van der Waals surface area contributed by atoms with Crippen LogP contribution in [-0.4, -0.2) is 20.1 Å². The van der Waals surface area contributed by atoms with Crippen LogP contribution in [0, 0.1) is 6.92 Å². The molecule has 3 aromatic rings. The van der Waals surface area contributed by atoms with Crippen LogP contribution in [0.2, 0.25) is 5.02 Å². The van der Waals surface area contributed by atoms with E-state index in [1.807, 2.05) is 47.4 Å². The fourth-order valence-corrected chi connectivity index (χ4v) is 3.88. The molecular formula is C17H15ClN4OS. The van der Waals surface area contributed by atoms with Gasteiger partial charge >= 0.3 is 0 Å². The number of carbonyl (C=O) groups excluding carboxylic acids is 1. The van der Waals surface area contributed by atoms with Crippen molar-refractivity contribution in [2.24, 2.45) is 0 Å². The Kier molecular flexibility index (Phi) is 3.86. The lowest BCUT2D eigenvalue weighted by molar-refractivity contribution is -0.116. The second-order valence-electron chi connectivity index (χ2n) is 5.89. The summed E-state index contributed by atoms with van der Waals surface area (Å²) in [6, 6.07) is 7.66. The van der Waals surface area contributed by atoms with Crippen molar-refractivity contribution in [3.8, 4) is 0 Å². The van der Waals surface area contributed by atoms with Gasteiger partial charge < -0.3 is 5.32 Å². The van der Waals surface area contributed by atoms with E-state index in [1.54, 1.807) is 0 Å². The first-order valence-corrected chi connectivity index (χ1v) is 8.84. The van der Waals surface area contributed by atoms with Crippen LogP contribution in [0.15, 0.2) is 35.8 Å². The zero-order valence-corrected chi connectivity index (χ0v) is 14.6. The van der Waals surface area contributed by atoms with E-state index < -0.39 is 0 Å². The number of amides is 1. The average Bonchev–Trinajstić information content (AvgIpc) is 3.18. The maximum absolute atomic E-state index is 12.2. The van der Waals surface area contributed by atoms with Crippen LogP contribution in [0.4, 0.5) is 5.82 Å². The summed E-state index contributed by atoms with van der Waals surface area (Å²) < 4.78 is 6.04. The lowest BCUT2D eigenvalue weighted by Crippen LogP contribution is -2.25. The largest absolute Gasteiger partial charge is 0.311 e. The van der Waals surface area contributed by atoms with Gasteiger partial charge in [-0.25, -0.2) is 9.06 Å². The molecule has 7 heteroatoms. The van der Waals surface area contributed by atoms with Crippen LogP contribution in [-0.2, 0) is 11.3 Å². The normalized spacial score (nSPS) is 16.8. The van der Waals surface area contributed by atoms with Gasteiger partial charge in [-0.15, -0.1) is 0 Å². The van der Waals surface area contributed by atoms with Gasteiger partial charge in [0, 0.05) is 34.5 Å². The zero-order chi connectivity index (χ0) is 16.7. The van der Waals surface area contributed by atoms with E-state index in [2.05, 4.69) is 14.8 Å². The molecule has 0 aliphatic carbocycles. The van der Waals surface area contributed by atoms with Gasteiger partial charge in [0.05, 0.1) is 12.2 Å². The molecular weight excluding hydrogens is 344 g/mol. The van der Waals surface area contributed by atoms with Crippen molar-refractivity contribution in [3.63, 3.8) is 0 Å². The van der Waals surface area contributed by atoms with E-state index in [0.717, 1.165) is 28.2 Å². The standard InChI is InChI=1S/C17H15ClN4OS/c1-10-16-14(12-7-19-24-9-12)6-15(23)20-17(16)22(21-10)8-11-2-4-13(18)5-3-11/h2-5,7,9,14H,6,8H2,1H3,(H,20,23). The van der Waals surface area contributed by atoms with Crippen molar-refractivity contribution in [3.05, 3.63) is 63.2 Å². The minimum Gasteiger partial charge on any atom is -0.311 e. The molecule has 24 heavy (non-hydrogen) atoms. The number of halogens is 1. The van der Waals surface area contributed by atoms with Crippen LogP contribution < -0.4 is 5.32 Å². The van der Waals surface area contributed by atoms with Crippen molar-refractivity contribution in [1.29, 1.82) is 0 Å². The van der Waals surface area contributed by atoms with Gasteiger partial charge in [0.15, 0.2) is 0 Å². The Bertz CT molecular complexity index is 886. The second kappa shape index (κ2) is 6.03. The van der Waals surface area contributed by atoms with Gasteiger partial charge in [-0.2, -0.15) is 5.10 Å². The Hall–Kier alpha value is -2.18. The highest BCUT2D eigenvalue weighted by atomic mass is 35.5. The van der Waals surface area contributed by atoms with Crippen molar-refractivity contribution in [2.45, 2.75) is 25.8 Å². The molecule has 5 nitrogen and oxygen atoms in total. The Morgan fingerprint density at radius 3 is 2.88 bits per heavy atom. The van der Waals surface area contributed by atoms with E-state index in [-0.39, 0.29) is 11.8 Å². The molecule has 1 aliphatic rings. The fraction of sp³-hybridized carbons (Fsp3) is 0.235. The fourth-order valence-electron chi connectivity index (χ4n) is 3.16. The number of fused-ring (bicyclic) bond motifs is 1. The van der Waals surface area contributed by atoms with Crippen molar-refractivity contribution < 1.29 is 4.79 Å². The Labute approximate surface area is 148 Å². The maximum Gasteiger partial charge on any atom is 0.226 e. The summed E-state index contributed by atoms with van der Waals surface area (Å²) in [5, 5.41) is 10.4. The lowest BCUT2D eigenvalue weighted by atomic mass is 9.88. The molecule has 1 N–H and O–H groups in total. The van der Waals surface area contributed by atoms with E-state index >= 15 is 0 Å². The van der Waals surface area contributed by atoms with E-state index in [1.165, 1.54) is 11.5 Å². The molecule has 4 rings (SSSR count). The number of hydrogen-bond acceptors (Lipinski definition) is 4. The summed E-state index contributed by atoms with van der Waals surface area (Å²) in [6.45, 7) is 2.57. The highest BCUT2D eigenvalue weighted by molar-refractivity contribution is 7.03. The number of aryl methyl sites for hydroxylation is 1. The van der Waals surface area contributed by atoms with E-state index in [9.17, 15) is 4.79 Å². The first-order chi connectivity index (χ1) is 11.6. The summed E-state index contributed by atoms with van der Waals surface area (Å²) in [4.78, 5) is 12.2. The Morgan fingerprint density at radius 1 is 1.38 bits per heavy atom. The molecule has 1 aliphatic heterocycles. The smallest absolute Gasteiger partial charge is 0.226 e. The van der Waals surface area contributed by atoms with Gasteiger partial charge in [-0.3, -0.25) is 4.79 Å². The average molecular weight is 359 g/mol. The van der Waals surface area contributed by atoms with Crippen LogP contribution >= 0.6 is 23.1 Å². The molecule has 1 unspecified atom stereocenters. The topological polar surface area (TPSA) is 59.8 Å². The third-order valence-electron chi connectivity index (χ3n) is 4.27. The molecule has 2 aromatic heterocycles. The molecule has 0 spiro atoms. The number of benzene rings is 1. The molecule has 0 saturated carbocycles. The monoisotopic (exact) mass is 358 g/mol. The van der Waals surface area contributed by atoms with Crippen LogP contribution in [0.5, 0.6) is 0 Å². The maximum atomic E-state index is 12.2. The Balaban J connectivity index is 1.75. The number of rotatable bonds is 3. The molecule has 0 fully saturated rings. The molecule has 0 radical (unpaired) electrons. The van der Waals surface area contributed by atoms with Crippen molar-refractivity contribution in [1.82, 2.24) is 14.2 Å². The predicted molar refractivity (Wildman–Crippen MR) is 94.7 cm³/mol. The summed E-state index contributed by atoms with van der Waals surface area (Å²) in [7, 11) is 0. The SMILES string of the molecule is Cc1nn(Cc2ccc(Cl)cc2)c2c1C(c1cnsc1)CC(=O)N2. The number of aromatic nitrogens is 3. The Morgan fingerprint density at radius 2 is 2.17 bits per heavy atom. The van der Waals surface area contributed by atoms with E-state index in [4.69, 9.17) is 11.6 Å². The number of nitrogens with one attached hydrogen (secondary N) is 1. The summed E-state index contributed by atoms with van der Waals surface area (Å²) >= 11 is 7.35. The lowest BCUT2D eigenvalue weighted by Gasteiger charge is -2.23. The highest BCUT2D eigenvalue weighted by Gasteiger charge is 2.32. The molecule has 0 saturated heterocycles. The molecule has 1 aromatic carbocycles. The van der Waals surface area contributed by atoms with Gasteiger partial charge in [0.2, 0.25) is 5.91 Å². The van der Waals surface area contributed by atoms with Gasteiger partial charge in [-0.1, -0.05) is 23.7 Å². The first kappa shape index (κ1) is 15.4. The van der Waals surface area contributed by atoms with Crippen LogP contribution in [0.25, 0.3) is 0 Å². The summed E-state index contributed by atoms with van der Waals surface area (Å²) in [5.74, 6) is 0.817. The van der Waals surface area contributed by atoms with Crippen LogP contribution in [0.3, 0.4) is 0 Å². The summed E-state index contributed by atoms with van der Waals surface area (Å²) in [6.07, 6.45) is 2.27. The van der Waals surface area contributed by atoms with Gasteiger partial charge in [-0.05, 0) is 41.7 Å². The number of nitrogens with zero attached hydrogens (tertiary/aromatic N) is 3. The third kappa shape index (κ3) is 2.72. The zero-order valence-electron chi connectivity index (χ0n) is 13.0. The minimum atomic E-state index is 0.0101. The molecule has 1 amide bonds. The number of hydrogen-bond donors (Lipinski definition) is 1. The molecule has 122 valence electrons. The predicted octanol–water partition coefficient (Wildman–Crippen LogP) is 3.82. The summed E-state index contributed by atoms with van der Waals surface area (Å²) in [5.41, 5.74) is 4.18. The third-order valence-corrected chi connectivity index (χ3v) is 5.13. The first-order valence-electron chi connectivity index (χ1n) is 7.62. The molecule has 3 heterocycles. The second-order valence-corrected chi connectivity index (χ2v) is 6.99. The highest BCUT2D eigenvalue weighted by Crippen LogP contribution is 2.39. The van der Waals surface area contributed by atoms with Crippen molar-refractivity contribution in [2.75, 3.05) is 5.32 Å². The van der Waals surface area contributed by atoms with E-state index in [0.29, 0.717) is 18.0 Å². The molecule has 1 atom stereocenters. The molecule has 0 bridgehead atoms. The quantitative estimate of drug-likeness (QED) is 0.774. The number of carbonyl (C=O) groups is 1. The number of anilines is 1. The van der Waals surface area contributed by atoms with Gasteiger partial charge in [0.1, 0.15) is 5.82 Å². The minimum absolute atomic E-state index is 0.0101. The van der Waals surface area contributed by atoms with Crippen LogP contribution in [0.1, 0.15) is 34.7 Å². The van der Waals surface area contributed by atoms with Gasteiger partial charge in [0.25, 0.3) is 0 Å².